The number of rotatable bonds is 5. The number of hydrogen-bond donors (Lipinski definition) is 1. The van der Waals surface area contributed by atoms with Crippen LogP contribution in [0, 0.1) is 19.8 Å². The maximum atomic E-state index is 6.00. The Kier molecular flexibility index (Phi) is 4.83. The molecule has 1 aromatic rings. The van der Waals surface area contributed by atoms with Crippen LogP contribution in [0.25, 0.3) is 0 Å². The lowest BCUT2D eigenvalue weighted by atomic mass is 10.0. The molecule has 0 saturated carbocycles. The maximum absolute atomic E-state index is 6.00. The highest BCUT2D eigenvalue weighted by Crippen LogP contribution is 2.26. The largest absolute Gasteiger partial charge is 0.493 e. The topological polar surface area (TPSA) is 44.5 Å². The van der Waals surface area contributed by atoms with Crippen molar-refractivity contribution in [2.45, 2.75) is 39.7 Å². The Morgan fingerprint density at radius 2 is 2.05 bits per heavy atom. The standard InChI is InChI=1S/C16H25NO2/c1-11-6-15(8-13(3)17)7-12(2)16(11)19-10-14-4-5-18-9-14/h6-7,13-14H,4-5,8-10,17H2,1-3H3. The second-order valence-corrected chi connectivity index (χ2v) is 5.78. The molecule has 0 bridgehead atoms. The first-order valence-electron chi connectivity index (χ1n) is 7.12. The molecule has 2 rings (SSSR count). The lowest BCUT2D eigenvalue weighted by Crippen LogP contribution is -2.18. The van der Waals surface area contributed by atoms with Crippen LogP contribution in [0.5, 0.6) is 5.75 Å². The van der Waals surface area contributed by atoms with Gasteiger partial charge in [-0.3, -0.25) is 0 Å². The minimum atomic E-state index is 0.196. The minimum Gasteiger partial charge on any atom is -0.493 e. The van der Waals surface area contributed by atoms with Gasteiger partial charge in [0.2, 0.25) is 0 Å². The fourth-order valence-electron chi connectivity index (χ4n) is 2.67. The van der Waals surface area contributed by atoms with Gasteiger partial charge < -0.3 is 15.2 Å². The number of hydrogen-bond acceptors (Lipinski definition) is 3. The number of benzene rings is 1. The van der Waals surface area contributed by atoms with Crippen LogP contribution in [0.2, 0.25) is 0 Å². The average molecular weight is 263 g/mol. The molecule has 1 aliphatic heterocycles. The molecule has 0 spiro atoms. The van der Waals surface area contributed by atoms with Crippen molar-refractivity contribution in [2.24, 2.45) is 11.7 Å². The van der Waals surface area contributed by atoms with Crippen LogP contribution in [0.1, 0.15) is 30.0 Å². The number of aryl methyl sites for hydroxylation is 2. The first kappa shape index (κ1) is 14.4. The summed E-state index contributed by atoms with van der Waals surface area (Å²) in [5, 5.41) is 0. The molecule has 1 fully saturated rings. The monoisotopic (exact) mass is 263 g/mol. The molecular formula is C16H25NO2. The Bertz CT molecular complexity index is 400. The fourth-order valence-corrected chi connectivity index (χ4v) is 2.67. The van der Waals surface area contributed by atoms with Crippen molar-refractivity contribution in [3.8, 4) is 5.75 Å². The molecule has 1 aliphatic rings. The lowest BCUT2D eigenvalue weighted by Gasteiger charge is -2.16. The summed E-state index contributed by atoms with van der Waals surface area (Å²) < 4.78 is 11.4. The van der Waals surface area contributed by atoms with Crippen molar-refractivity contribution >= 4 is 0 Å². The zero-order valence-corrected chi connectivity index (χ0v) is 12.2. The molecule has 0 aromatic heterocycles. The van der Waals surface area contributed by atoms with Gasteiger partial charge in [-0.05, 0) is 50.3 Å². The van der Waals surface area contributed by atoms with E-state index in [1.807, 2.05) is 6.92 Å². The van der Waals surface area contributed by atoms with Gasteiger partial charge >= 0.3 is 0 Å². The van der Waals surface area contributed by atoms with Crippen molar-refractivity contribution in [3.63, 3.8) is 0 Å². The Morgan fingerprint density at radius 3 is 2.58 bits per heavy atom. The molecule has 1 heterocycles. The van der Waals surface area contributed by atoms with E-state index in [0.29, 0.717) is 5.92 Å². The first-order chi connectivity index (χ1) is 9.06. The summed E-state index contributed by atoms with van der Waals surface area (Å²) in [6, 6.07) is 4.58. The molecule has 0 radical (unpaired) electrons. The zero-order chi connectivity index (χ0) is 13.8. The number of nitrogens with two attached hydrogens (primary N) is 1. The van der Waals surface area contributed by atoms with Gasteiger partial charge in [0.15, 0.2) is 0 Å². The van der Waals surface area contributed by atoms with Gasteiger partial charge in [0.1, 0.15) is 5.75 Å². The van der Waals surface area contributed by atoms with Gasteiger partial charge in [-0.2, -0.15) is 0 Å². The lowest BCUT2D eigenvalue weighted by molar-refractivity contribution is 0.166. The number of ether oxygens (including phenoxy) is 2. The van der Waals surface area contributed by atoms with E-state index in [4.69, 9.17) is 15.2 Å². The predicted octanol–water partition coefficient (Wildman–Crippen LogP) is 2.61. The Morgan fingerprint density at radius 1 is 1.37 bits per heavy atom. The highest BCUT2D eigenvalue weighted by Gasteiger charge is 2.17. The zero-order valence-electron chi connectivity index (χ0n) is 12.2. The SMILES string of the molecule is Cc1cc(CC(C)N)cc(C)c1OCC1CCOC1. The van der Waals surface area contributed by atoms with Crippen molar-refractivity contribution in [1.82, 2.24) is 0 Å². The van der Waals surface area contributed by atoms with E-state index < -0.39 is 0 Å². The smallest absolute Gasteiger partial charge is 0.125 e. The first-order valence-corrected chi connectivity index (χ1v) is 7.12. The van der Waals surface area contributed by atoms with Crippen LogP contribution in [-0.4, -0.2) is 25.9 Å². The van der Waals surface area contributed by atoms with E-state index in [0.717, 1.165) is 38.4 Å². The summed E-state index contributed by atoms with van der Waals surface area (Å²) in [6.07, 6.45) is 2.03. The third-order valence-electron chi connectivity index (χ3n) is 3.57. The Labute approximate surface area is 116 Å². The quantitative estimate of drug-likeness (QED) is 0.888. The van der Waals surface area contributed by atoms with Crippen molar-refractivity contribution in [3.05, 3.63) is 28.8 Å². The van der Waals surface area contributed by atoms with Crippen molar-refractivity contribution < 1.29 is 9.47 Å². The summed E-state index contributed by atoms with van der Waals surface area (Å²) in [5.74, 6) is 1.57. The summed E-state index contributed by atoms with van der Waals surface area (Å²) in [4.78, 5) is 0. The predicted molar refractivity (Wildman–Crippen MR) is 77.7 cm³/mol. The second kappa shape index (κ2) is 6.40. The molecule has 0 amide bonds. The van der Waals surface area contributed by atoms with Gasteiger partial charge in [-0.25, -0.2) is 0 Å². The highest BCUT2D eigenvalue weighted by atomic mass is 16.5. The molecule has 2 unspecified atom stereocenters. The van der Waals surface area contributed by atoms with Gasteiger partial charge in [0.05, 0.1) is 13.2 Å². The average Bonchev–Trinajstić information content (AvgIpc) is 2.79. The van der Waals surface area contributed by atoms with E-state index in [2.05, 4.69) is 26.0 Å². The van der Waals surface area contributed by atoms with Crippen molar-refractivity contribution in [1.29, 1.82) is 0 Å². The molecule has 2 N–H and O–H groups in total. The summed E-state index contributed by atoms with van der Waals surface area (Å²) in [7, 11) is 0. The van der Waals surface area contributed by atoms with Crippen LogP contribution in [0.15, 0.2) is 12.1 Å². The molecule has 3 heteroatoms. The Balaban J connectivity index is 2.03. The summed E-state index contributed by atoms with van der Waals surface area (Å²) in [5.41, 5.74) is 9.56. The summed E-state index contributed by atoms with van der Waals surface area (Å²) in [6.45, 7) is 8.72. The molecule has 3 nitrogen and oxygen atoms in total. The molecule has 19 heavy (non-hydrogen) atoms. The molecule has 1 saturated heterocycles. The molecule has 1 aromatic carbocycles. The van der Waals surface area contributed by atoms with E-state index in [1.54, 1.807) is 0 Å². The molecule has 0 aliphatic carbocycles. The van der Waals surface area contributed by atoms with E-state index in [9.17, 15) is 0 Å². The van der Waals surface area contributed by atoms with E-state index in [1.165, 1.54) is 16.7 Å². The van der Waals surface area contributed by atoms with Crippen LogP contribution in [0.4, 0.5) is 0 Å². The third kappa shape index (κ3) is 3.95. The van der Waals surface area contributed by atoms with Crippen LogP contribution >= 0.6 is 0 Å². The van der Waals surface area contributed by atoms with Crippen molar-refractivity contribution in [2.75, 3.05) is 19.8 Å². The van der Waals surface area contributed by atoms with E-state index in [-0.39, 0.29) is 6.04 Å². The Hall–Kier alpha value is -1.06. The van der Waals surface area contributed by atoms with Crippen LogP contribution in [-0.2, 0) is 11.2 Å². The normalized spacial score (nSPS) is 20.5. The second-order valence-electron chi connectivity index (χ2n) is 5.78. The maximum Gasteiger partial charge on any atom is 0.125 e. The minimum absolute atomic E-state index is 0.196. The fraction of sp³-hybridized carbons (Fsp3) is 0.625. The van der Waals surface area contributed by atoms with Crippen LogP contribution in [0.3, 0.4) is 0 Å². The van der Waals surface area contributed by atoms with Gasteiger partial charge in [-0.15, -0.1) is 0 Å². The van der Waals surface area contributed by atoms with Gasteiger partial charge in [0.25, 0.3) is 0 Å². The molecule has 2 atom stereocenters. The molecular weight excluding hydrogens is 238 g/mol. The van der Waals surface area contributed by atoms with Gasteiger partial charge in [-0.1, -0.05) is 12.1 Å². The van der Waals surface area contributed by atoms with E-state index >= 15 is 0 Å². The third-order valence-corrected chi connectivity index (χ3v) is 3.57. The molecule has 106 valence electrons. The highest BCUT2D eigenvalue weighted by molar-refractivity contribution is 5.43. The van der Waals surface area contributed by atoms with Gasteiger partial charge in [0, 0.05) is 18.6 Å². The van der Waals surface area contributed by atoms with Crippen LogP contribution < -0.4 is 10.5 Å². The summed E-state index contributed by atoms with van der Waals surface area (Å²) >= 11 is 0.